The predicted molar refractivity (Wildman–Crippen MR) is 106 cm³/mol. The fourth-order valence-electron chi connectivity index (χ4n) is 2.41. The van der Waals surface area contributed by atoms with Gasteiger partial charge in [-0.15, -0.1) is 0 Å². The van der Waals surface area contributed by atoms with Gasteiger partial charge in [0.25, 0.3) is 0 Å². The van der Waals surface area contributed by atoms with Crippen LogP contribution in [0.25, 0.3) is 0 Å². The van der Waals surface area contributed by atoms with E-state index in [1.54, 1.807) is 12.1 Å². The number of benzene rings is 2. The molecule has 0 spiro atoms. The maximum atomic E-state index is 12.1. The van der Waals surface area contributed by atoms with Crippen LogP contribution in [-0.4, -0.2) is 27.1 Å². The van der Waals surface area contributed by atoms with E-state index in [1.807, 2.05) is 30.3 Å². The highest BCUT2D eigenvalue weighted by atomic mass is 35.5. The first-order valence-electron chi connectivity index (χ1n) is 8.01. The molecule has 140 valence electrons. The number of hydrogen-bond acceptors (Lipinski definition) is 3. The third-order valence-electron chi connectivity index (χ3n) is 3.67. The van der Waals surface area contributed by atoms with Gasteiger partial charge in [0.2, 0.25) is 15.9 Å². The van der Waals surface area contributed by atoms with Crippen LogP contribution in [0, 0.1) is 0 Å². The Labute approximate surface area is 164 Å². The Morgan fingerprint density at radius 2 is 1.81 bits per heavy atom. The van der Waals surface area contributed by atoms with Crippen molar-refractivity contribution in [1.82, 2.24) is 5.32 Å². The number of nitrogens with zero attached hydrogens (tertiary/aromatic N) is 1. The van der Waals surface area contributed by atoms with Crippen molar-refractivity contribution in [1.29, 1.82) is 0 Å². The van der Waals surface area contributed by atoms with Gasteiger partial charge in [-0.1, -0.05) is 53.5 Å². The van der Waals surface area contributed by atoms with Gasteiger partial charge >= 0.3 is 0 Å². The standard InChI is InChI=1S/C18H20Cl2N2O3S/c1-26(24,25)22(17-12-15(19)9-10-16(17)20)11-5-8-18(23)21-13-14-6-3-2-4-7-14/h2-4,6-7,9-10,12H,5,8,11,13H2,1H3,(H,21,23). The highest BCUT2D eigenvalue weighted by molar-refractivity contribution is 7.92. The van der Waals surface area contributed by atoms with E-state index in [9.17, 15) is 13.2 Å². The molecule has 2 aromatic carbocycles. The molecule has 0 aromatic heterocycles. The first kappa shape index (κ1) is 20.6. The maximum absolute atomic E-state index is 12.1. The first-order valence-corrected chi connectivity index (χ1v) is 10.6. The zero-order chi connectivity index (χ0) is 19.2. The van der Waals surface area contributed by atoms with Crippen molar-refractivity contribution in [3.63, 3.8) is 0 Å². The summed E-state index contributed by atoms with van der Waals surface area (Å²) in [5.41, 5.74) is 1.32. The summed E-state index contributed by atoms with van der Waals surface area (Å²) in [5.74, 6) is -0.139. The number of amides is 1. The van der Waals surface area contributed by atoms with Gasteiger partial charge in [0.1, 0.15) is 0 Å². The monoisotopic (exact) mass is 414 g/mol. The zero-order valence-electron chi connectivity index (χ0n) is 14.3. The molecule has 2 rings (SSSR count). The van der Waals surface area contributed by atoms with E-state index in [0.29, 0.717) is 23.7 Å². The molecule has 0 aliphatic rings. The Kier molecular flexibility index (Phi) is 7.32. The number of rotatable bonds is 8. The van der Waals surface area contributed by atoms with Gasteiger partial charge in [-0.3, -0.25) is 9.10 Å². The van der Waals surface area contributed by atoms with E-state index in [0.717, 1.165) is 11.8 Å². The largest absolute Gasteiger partial charge is 0.352 e. The van der Waals surface area contributed by atoms with Gasteiger partial charge in [0.15, 0.2) is 0 Å². The number of hydrogen-bond donors (Lipinski definition) is 1. The molecule has 26 heavy (non-hydrogen) atoms. The summed E-state index contributed by atoms with van der Waals surface area (Å²) in [6.45, 7) is 0.577. The van der Waals surface area contributed by atoms with Crippen molar-refractivity contribution in [2.45, 2.75) is 19.4 Å². The van der Waals surface area contributed by atoms with Crippen LogP contribution < -0.4 is 9.62 Å². The van der Waals surface area contributed by atoms with E-state index < -0.39 is 10.0 Å². The van der Waals surface area contributed by atoms with Crippen LogP contribution in [0.5, 0.6) is 0 Å². The summed E-state index contributed by atoms with van der Waals surface area (Å²) in [4.78, 5) is 12.0. The summed E-state index contributed by atoms with van der Waals surface area (Å²) in [6.07, 6.45) is 1.66. The SMILES string of the molecule is CS(=O)(=O)N(CCCC(=O)NCc1ccccc1)c1cc(Cl)ccc1Cl. The highest BCUT2D eigenvalue weighted by Crippen LogP contribution is 2.30. The Balaban J connectivity index is 1.94. The average Bonchev–Trinajstić information content (AvgIpc) is 2.59. The lowest BCUT2D eigenvalue weighted by molar-refractivity contribution is -0.121. The second-order valence-corrected chi connectivity index (χ2v) is 8.55. The lowest BCUT2D eigenvalue weighted by atomic mass is 10.2. The molecule has 0 bridgehead atoms. The predicted octanol–water partition coefficient (Wildman–Crippen LogP) is 3.86. The van der Waals surface area contributed by atoms with E-state index in [1.165, 1.54) is 10.4 Å². The van der Waals surface area contributed by atoms with Crippen LogP contribution in [-0.2, 0) is 21.4 Å². The second kappa shape index (κ2) is 9.26. The molecule has 0 heterocycles. The zero-order valence-corrected chi connectivity index (χ0v) is 16.6. The van der Waals surface area contributed by atoms with Crippen LogP contribution in [0.15, 0.2) is 48.5 Å². The van der Waals surface area contributed by atoms with E-state index in [4.69, 9.17) is 23.2 Å². The lowest BCUT2D eigenvalue weighted by Crippen LogP contribution is -2.32. The van der Waals surface area contributed by atoms with E-state index >= 15 is 0 Å². The molecular formula is C18H20Cl2N2O3S. The first-order chi connectivity index (χ1) is 12.3. The minimum absolute atomic E-state index is 0.137. The molecule has 0 saturated heterocycles. The van der Waals surface area contributed by atoms with Crippen LogP contribution in [0.3, 0.4) is 0 Å². The molecular weight excluding hydrogens is 395 g/mol. The average molecular weight is 415 g/mol. The Bertz CT molecular complexity index is 858. The number of anilines is 1. The minimum atomic E-state index is -3.55. The Hall–Kier alpha value is -1.76. The smallest absolute Gasteiger partial charge is 0.232 e. The molecule has 0 radical (unpaired) electrons. The van der Waals surface area contributed by atoms with Crippen molar-refractivity contribution in [3.8, 4) is 0 Å². The van der Waals surface area contributed by atoms with Gasteiger partial charge in [0.05, 0.1) is 17.0 Å². The Morgan fingerprint density at radius 3 is 2.46 bits per heavy atom. The number of nitrogens with one attached hydrogen (secondary N) is 1. The third kappa shape index (κ3) is 6.20. The number of carbonyl (C=O) groups is 1. The minimum Gasteiger partial charge on any atom is -0.352 e. The molecule has 2 aromatic rings. The highest BCUT2D eigenvalue weighted by Gasteiger charge is 2.20. The van der Waals surface area contributed by atoms with Gasteiger partial charge in [-0.2, -0.15) is 0 Å². The summed E-state index contributed by atoms with van der Waals surface area (Å²) in [5, 5.41) is 3.49. The van der Waals surface area contributed by atoms with Crippen molar-refractivity contribution in [2.75, 3.05) is 17.1 Å². The van der Waals surface area contributed by atoms with Crippen LogP contribution >= 0.6 is 23.2 Å². The number of carbonyl (C=O) groups excluding carboxylic acids is 1. The summed E-state index contributed by atoms with van der Waals surface area (Å²) < 4.78 is 25.4. The Morgan fingerprint density at radius 1 is 1.12 bits per heavy atom. The van der Waals surface area contributed by atoms with Gasteiger partial charge in [-0.05, 0) is 30.2 Å². The fourth-order valence-corrected chi connectivity index (χ4v) is 3.82. The van der Waals surface area contributed by atoms with Crippen LogP contribution in [0.2, 0.25) is 10.0 Å². The molecule has 0 aliphatic heterocycles. The van der Waals surface area contributed by atoms with Gasteiger partial charge in [-0.25, -0.2) is 8.42 Å². The normalized spacial score (nSPS) is 11.2. The van der Waals surface area contributed by atoms with E-state index in [-0.39, 0.29) is 23.9 Å². The summed E-state index contributed by atoms with van der Waals surface area (Å²) in [7, 11) is -3.55. The lowest BCUT2D eigenvalue weighted by Gasteiger charge is -2.23. The van der Waals surface area contributed by atoms with E-state index in [2.05, 4.69) is 5.32 Å². The molecule has 0 unspecified atom stereocenters. The van der Waals surface area contributed by atoms with Gasteiger partial charge in [0, 0.05) is 24.5 Å². The molecule has 5 nitrogen and oxygen atoms in total. The van der Waals surface area contributed by atoms with Crippen LogP contribution in [0.1, 0.15) is 18.4 Å². The van der Waals surface area contributed by atoms with Crippen molar-refractivity contribution in [2.24, 2.45) is 0 Å². The number of sulfonamides is 1. The second-order valence-electron chi connectivity index (χ2n) is 5.80. The summed E-state index contributed by atoms with van der Waals surface area (Å²) >= 11 is 12.1. The quantitative estimate of drug-likeness (QED) is 0.712. The number of halogens is 2. The third-order valence-corrected chi connectivity index (χ3v) is 5.41. The van der Waals surface area contributed by atoms with Crippen LogP contribution in [0.4, 0.5) is 5.69 Å². The van der Waals surface area contributed by atoms with Gasteiger partial charge < -0.3 is 5.32 Å². The molecule has 0 fully saturated rings. The van der Waals surface area contributed by atoms with Crippen molar-refractivity contribution >= 4 is 44.8 Å². The van der Waals surface area contributed by atoms with Crippen molar-refractivity contribution in [3.05, 3.63) is 64.1 Å². The molecule has 8 heteroatoms. The molecule has 0 atom stereocenters. The summed E-state index contributed by atoms with van der Waals surface area (Å²) in [6, 6.07) is 14.2. The maximum Gasteiger partial charge on any atom is 0.232 e. The topological polar surface area (TPSA) is 66.5 Å². The fraction of sp³-hybridized carbons (Fsp3) is 0.278. The molecule has 0 aliphatic carbocycles. The van der Waals surface area contributed by atoms with Crippen molar-refractivity contribution < 1.29 is 13.2 Å². The molecule has 1 amide bonds. The molecule has 1 N–H and O–H groups in total. The molecule has 0 saturated carbocycles.